The highest BCUT2D eigenvalue weighted by atomic mass is 31.2. The standard InChI is InChI=1S/C13H29O6P/c1-2-3-4-5-6-7-8-9-10-18-11-13(14)12-19-20(15,16)17/h13-14H,2-12H2,1H3,(H2,15,16,17). The van der Waals surface area contributed by atoms with Gasteiger partial charge in [-0.1, -0.05) is 51.9 Å². The second-order valence-corrected chi connectivity index (χ2v) is 6.23. The Balaban J connectivity index is 3.21. The van der Waals surface area contributed by atoms with E-state index >= 15 is 0 Å². The average molecular weight is 312 g/mol. The van der Waals surface area contributed by atoms with Gasteiger partial charge in [-0.05, 0) is 6.42 Å². The zero-order valence-electron chi connectivity index (χ0n) is 12.4. The normalized spacial score (nSPS) is 13.6. The summed E-state index contributed by atoms with van der Waals surface area (Å²) in [5, 5.41) is 9.34. The Kier molecular flexibility index (Phi) is 12.8. The van der Waals surface area contributed by atoms with Gasteiger partial charge in [-0.25, -0.2) is 4.57 Å². The Morgan fingerprint density at radius 3 is 2.05 bits per heavy atom. The monoisotopic (exact) mass is 312 g/mol. The Morgan fingerprint density at radius 2 is 1.50 bits per heavy atom. The van der Waals surface area contributed by atoms with E-state index in [1.807, 2.05) is 0 Å². The van der Waals surface area contributed by atoms with Crippen LogP contribution in [-0.4, -0.2) is 40.8 Å². The summed E-state index contributed by atoms with van der Waals surface area (Å²) >= 11 is 0. The molecule has 0 saturated carbocycles. The first-order valence-electron chi connectivity index (χ1n) is 7.41. The van der Waals surface area contributed by atoms with E-state index in [0.29, 0.717) is 6.61 Å². The van der Waals surface area contributed by atoms with Crippen LogP contribution in [0.3, 0.4) is 0 Å². The van der Waals surface area contributed by atoms with Crippen molar-refractivity contribution < 1.29 is 28.7 Å². The summed E-state index contributed by atoms with van der Waals surface area (Å²) < 4.78 is 19.8. The van der Waals surface area contributed by atoms with Crippen LogP contribution in [0.4, 0.5) is 0 Å². The van der Waals surface area contributed by atoms with Crippen molar-refractivity contribution in [2.45, 2.75) is 64.4 Å². The van der Waals surface area contributed by atoms with Gasteiger partial charge in [0, 0.05) is 6.61 Å². The lowest BCUT2D eigenvalue weighted by molar-refractivity contribution is 0.00476. The highest BCUT2D eigenvalue weighted by Gasteiger charge is 2.16. The molecule has 0 aromatic rings. The minimum atomic E-state index is -4.50. The topological polar surface area (TPSA) is 96.2 Å². The third-order valence-corrected chi connectivity index (χ3v) is 3.37. The molecule has 0 radical (unpaired) electrons. The molecule has 0 aromatic heterocycles. The molecule has 3 N–H and O–H groups in total. The third kappa shape index (κ3) is 16.1. The molecule has 0 amide bonds. The van der Waals surface area contributed by atoms with Crippen molar-refractivity contribution in [2.75, 3.05) is 19.8 Å². The molecule has 0 aliphatic carbocycles. The Hall–Kier alpha value is 0.0300. The largest absolute Gasteiger partial charge is 0.469 e. The number of rotatable bonds is 14. The van der Waals surface area contributed by atoms with Crippen LogP contribution in [0.5, 0.6) is 0 Å². The fourth-order valence-corrected chi connectivity index (χ4v) is 2.15. The summed E-state index contributed by atoms with van der Waals surface area (Å²) in [5.41, 5.74) is 0. The van der Waals surface area contributed by atoms with E-state index in [1.54, 1.807) is 0 Å². The second-order valence-electron chi connectivity index (χ2n) is 4.99. The molecule has 7 heteroatoms. The molecular formula is C13H29O6P. The first-order valence-corrected chi connectivity index (χ1v) is 8.94. The van der Waals surface area contributed by atoms with Crippen LogP contribution >= 0.6 is 7.82 Å². The van der Waals surface area contributed by atoms with Gasteiger partial charge in [-0.3, -0.25) is 4.52 Å². The highest BCUT2D eigenvalue weighted by Crippen LogP contribution is 2.35. The van der Waals surface area contributed by atoms with Gasteiger partial charge in [0.15, 0.2) is 0 Å². The molecule has 20 heavy (non-hydrogen) atoms. The van der Waals surface area contributed by atoms with Crippen molar-refractivity contribution in [3.63, 3.8) is 0 Å². The van der Waals surface area contributed by atoms with E-state index < -0.39 is 20.5 Å². The molecule has 0 spiro atoms. The molecule has 0 heterocycles. The van der Waals surface area contributed by atoms with Crippen molar-refractivity contribution in [3.05, 3.63) is 0 Å². The van der Waals surface area contributed by atoms with E-state index in [1.165, 1.54) is 38.5 Å². The van der Waals surface area contributed by atoms with Gasteiger partial charge < -0.3 is 19.6 Å². The van der Waals surface area contributed by atoms with Gasteiger partial charge in [0.25, 0.3) is 0 Å². The minimum absolute atomic E-state index is 0.0382. The molecular weight excluding hydrogens is 283 g/mol. The molecule has 0 saturated heterocycles. The van der Waals surface area contributed by atoms with Crippen molar-refractivity contribution in [1.82, 2.24) is 0 Å². The number of hydrogen-bond acceptors (Lipinski definition) is 4. The predicted octanol–water partition coefficient (Wildman–Crippen LogP) is 2.61. The molecule has 1 unspecified atom stereocenters. The molecule has 0 fully saturated rings. The average Bonchev–Trinajstić information content (AvgIpc) is 2.38. The number of phosphoric ester groups is 1. The maximum absolute atomic E-state index is 10.4. The van der Waals surface area contributed by atoms with Crippen LogP contribution in [0.2, 0.25) is 0 Å². The fraction of sp³-hybridized carbons (Fsp3) is 1.00. The van der Waals surface area contributed by atoms with E-state index in [0.717, 1.165) is 12.8 Å². The zero-order chi connectivity index (χ0) is 15.3. The maximum Gasteiger partial charge on any atom is 0.469 e. The van der Waals surface area contributed by atoms with Gasteiger partial charge in [0.1, 0.15) is 6.10 Å². The highest BCUT2D eigenvalue weighted by molar-refractivity contribution is 7.46. The lowest BCUT2D eigenvalue weighted by Crippen LogP contribution is -2.21. The Bertz CT molecular complexity index is 255. The third-order valence-electron chi connectivity index (χ3n) is 2.89. The van der Waals surface area contributed by atoms with E-state index in [2.05, 4.69) is 11.4 Å². The van der Waals surface area contributed by atoms with Gasteiger partial charge in [0.05, 0.1) is 13.2 Å². The molecule has 0 rings (SSSR count). The number of phosphoric acid groups is 1. The van der Waals surface area contributed by atoms with Gasteiger partial charge in [-0.2, -0.15) is 0 Å². The quantitative estimate of drug-likeness (QED) is 0.337. The van der Waals surface area contributed by atoms with Gasteiger partial charge >= 0.3 is 7.82 Å². The van der Waals surface area contributed by atoms with Crippen LogP contribution in [-0.2, 0) is 13.8 Å². The maximum atomic E-state index is 10.4. The predicted molar refractivity (Wildman–Crippen MR) is 77.4 cm³/mol. The molecule has 0 aliphatic heterocycles. The van der Waals surface area contributed by atoms with Gasteiger partial charge in [0.2, 0.25) is 0 Å². The number of hydrogen-bond donors (Lipinski definition) is 3. The summed E-state index contributed by atoms with van der Waals surface area (Å²) in [5.74, 6) is 0. The molecule has 0 aliphatic rings. The number of aliphatic hydroxyl groups excluding tert-OH is 1. The van der Waals surface area contributed by atoms with E-state index in [9.17, 15) is 9.67 Å². The Morgan fingerprint density at radius 1 is 0.950 bits per heavy atom. The first kappa shape index (κ1) is 20.0. The van der Waals surface area contributed by atoms with Crippen LogP contribution in [0.1, 0.15) is 58.3 Å². The molecule has 0 aromatic carbocycles. The van der Waals surface area contributed by atoms with Crippen LogP contribution < -0.4 is 0 Å². The summed E-state index contributed by atoms with van der Waals surface area (Å²) in [6, 6.07) is 0. The smallest absolute Gasteiger partial charge is 0.388 e. The van der Waals surface area contributed by atoms with Crippen molar-refractivity contribution in [3.8, 4) is 0 Å². The van der Waals surface area contributed by atoms with Crippen LogP contribution in [0.25, 0.3) is 0 Å². The second kappa shape index (κ2) is 12.7. The summed E-state index contributed by atoms with van der Waals surface area (Å²) in [6.07, 6.45) is 8.72. The summed E-state index contributed by atoms with van der Waals surface area (Å²) in [6.45, 7) is 2.39. The number of ether oxygens (including phenoxy) is 1. The molecule has 1 atom stereocenters. The van der Waals surface area contributed by atoms with Crippen LogP contribution in [0, 0.1) is 0 Å². The summed E-state index contributed by atoms with van der Waals surface area (Å²) in [7, 11) is -4.50. The van der Waals surface area contributed by atoms with Gasteiger partial charge in [-0.15, -0.1) is 0 Å². The number of unbranched alkanes of at least 4 members (excludes halogenated alkanes) is 7. The SMILES string of the molecule is CCCCCCCCCCOCC(O)COP(=O)(O)O. The minimum Gasteiger partial charge on any atom is -0.388 e. The van der Waals surface area contributed by atoms with Crippen molar-refractivity contribution in [1.29, 1.82) is 0 Å². The molecule has 122 valence electrons. The first-order chi connectivity index (χ1) is 9.45. The molecule has 6 nitrogen and oxygen atoms in total. The zero-order valence-corrected chi connectivity index (χ0v) is 13.3. The van der Waals surface area contributed by atoms with Crippen LogP contribution in [0.15, 0.2) is 0 Å². The fourth-order valence-electron chi connectivity index (χ4n) is 1.79. The van der Waals surface area contributed by atoms with E-state index in [-0.39, 0.29) is 6.61 Å². The lowest BCUT2D eigenvalue weighted by Gasteiger charge is -2.12. The van der Waals surface area contributed by atoms with Crippen molar-refractivity contribution in [2.24, 2.45) is 0 Å². The van der Waals surface area contributed by atoms with Crippen molar-refractivity contribution >= 4 is 7.82 Å². The van der Waals surface area contributed by atoms with E-state index in [4.69, 9.17) is 14.5 Å². The number of aliphatic hydroxyl groups is 1. The lowest BCUT2D eigenvalue weighted by atomic mass is 10.1. The Labute approximate surface area is 121 Å². The summed E-state index contributed by atoms with van der Waals surface area (Å²) in [4.78, 5) is 16.9. The molecule has 0 bridgehead atoms.